The molecule has 0 heterocycles. The van der Waals surface area contributed by atoms with Crippen molar-refractivity contribution in [2.24, 2.45) is 0 Å². The second kappa shape index (κ2) is 17.7. The van der Waals surface area contributed by atoms with Crippen LogP contribution in [0.25, 0.3) is 0 Å². The van der Waals surface area contributed by atoms with E-state index in [1.54, 1.807) is 0 Å². The van der Waals surface area contributed by atoms with Crippen molar-refractivity contribution in [1.82, 2.24) is 0 Å². The van der Waals surface area contributed by atoms with Crippen LogP contribution >= 0.6 is 0 Å². The third-order valence-corrected chi connectivity index (χ3v) is 0. The van der Waals surface area contributed by atoms with E-state index in [2.05, 4.69) is 0 Å². The normalized spacial score (nSPS) is 0. The molecule has 0 unspecified atom stereocenters. The van der Waals surface area contributed by atoms with Gasteiger partial charge in [-0.25, -0.2) is 0 Å². The van der Waals surface area contributed by atoms with E-state index < -0.39 is 0 Å². The Bertz CT molecular complexity index is 8.00. The van der Waals surface area contributed by atoms with E-state index in [4.69, 9.17) is 0 Å². The van der Waals surface area contributed by atoms with Crippen LogP contribution in [0.3, 0.4) is 0 Å². The molecule has 0 nitrogen and oxygen atoms in total. The summed E-state index contributed by atoms with van der Waals surface area (Å²) in [5.74, 6) is 0. The van der Waals surface area contributed by atoms with Crippen molar-refractivity contribution in [3.05, 3.63) is 0 Å². The average molecular weight is 178 g/mol. The fourth-order valence-electron chi connectivity index (χ4n) is 0. The van der Waals surface area contributed by atoms with Crippen molar-refractivity contribution in [2.75, 3.05) is 0 Å². The van der Waals surface area contributed by atoms with Gasteiger partial charge in [0.2, 0.25) is 0 Å². The van der Waals surface area contributed by atoms with Crippen LogP contribution in [0.15, 0.2) is 0 Å². The summed E-state index contributed by atoms with van der Waals surface area (Å²) in [7, 11) is 0. The first kappa shape index (κ1) is 31.2. The molecule has 0 spiro atoms. The fraction of sp³-hybridized carbons (Fsp3) is 0. The van der Waals surface area contributed by atoms with Crippen molar-refractivity contribution < 1.29 is 27.1 Å². The number of hydrogen-bond acceptors (Lipinski definition) is 0. The van der Waals surface area contributed by atoms with Crippen molar-refractivity contribution in [3.8, 4) is 0 Å². The first-order chi connectivity index (χ1) is 0. The van der Waals surface area contributed by atoms with Crippen molar-refractivity contribution in [2.45, 2.75) is 0 Å². The van der Waals surface area contributed by atoms with Gasteiger partial charge in [-0.1, -0.05) is 0 Å². The van der Waals surface area contributed by atoms with Gasteiger partial charge in [0.1, 0.15) is 0 Å². The molecule has 0 saturated carbocycles. The summed E-state index contributed by atoms with van der Waals surface area (Å²) in [5, 5.41) is 0. The first-order valence-electron chi connectivity index (χ1n) is 0. The van der Waals surface area contributed by atoms with Crippen LogP contribution < -0.4 is 0 Å². The van der Waals surface area contributed by atoms with Gasteiger partial charge in [-0.3, -0.25) is 4.70 Å². The van der Waals surface area contributed by atoms with Gasteiger partial charge in [0.15, 0.2) is 0 Å². The minimum absolute atomic E-state index is 0. The molecule has 0 aromatic heterocycles. The van der Waals surface area contributed by atoms with Crippen LogP contribution in [0, 0.1) is 0 Å². The molecule has 0 fully saturated rings. The van der Waals surface area contributed by atoms with Gasteiger partial charge in [0, 0.05) is 22.4 Å². The predicted molar refractivity (Wildman–Crippen MR) is 18.2 cm³/mol. The summed E-state index contributed by atoms with van der Waals surface area (Å²) in [6.45, 7) is 0. The van der Waals surface area contributed by atoms with Gasteiger partial charge in [-0.2, -0.15) is 0 Å². The summed E-state index contributed by atoms with van der Waals surface area (Å²) < 4.78 is 0. The maximum absolute atomic E-state index is 0. The van der Waals surface area contributed by atoms with E-state index in [1.807, 2.05) is 0 Å². The van der Waals surface area contributed by atoms with Crippen LogP contribution in [-0.4, -0.2) is 56.6 Å². The van der Waals surface area contributed by atoms with Crippen LogP contribution in [0.2, 0.25) is 0 Å². The molecule has 0 saturated heterocycles. The maximum atomic E-state index is 0. The second-order valence-corrected chi connectivity index (χ2v) is 0. The SMILES string of the molecule is F.[Ag].[CaH2].[LiH]. The molecular formula is H4AgCaFLi. The number of rotatable bonds is 0. The summed E-state index contributed by atoms with van der Waals surface area (Å²) in [5.41, 5.74) is 0. The van der Waals surface area contributed by atoms with Crippen LogP contribution in [0.5, 0.6) is 0 Å². The molecule has 25 valence electrons. The van der Waals surface area contributed by atoms with E-state index in [9.17, 15) is 0 Å². The molecule has 0 aliphatic carbocycles. The van der Waals surface area contributed by atoms with Gasteiger partial charge in [-0.15, -0.1) is 0 Å². The number of halogens is 1. The molecule has 0 bridgehead atoms. The molecule has 0 aromatic carbocycles. The molecule has 0 aliphatic rings. The molecule has 0 N–H and O–H groups in total. The average Bonchev–Trinajstić information content (AvgIpc) is 0. The molecule has 4 heavy (non-hydrogen) atoms. The van der Waals surface area contributed by atoms with Crippen molar-refractivity contribution >= 4 is 56.6 Å². The van der Waals surface area contributed by atoms with Gasteiger partial charge in [0.05, 0.1) is 0 Å². The van der Waals surface area contributed by atoms with Gasteiger partial charge >= 0.3 is 56.6 Å². The van der Waals surface area contributed by atoms with E-state index >= 15 is 0 Å². The van der Waals surface area contributed by atoms with E-state index in [-0.39, 0.29) is 83.7 Å². The summed E-state index contributed by atoms with van der Waals surface area (Å²) in [4.78, 5) is 0. The summed E-state index contributed by atoms with van der Waals surface area (Å²) in [6, 6.07) is 0. The Kier molecular flexibility index (Phi) is 138. The zero-order valence-corrected chi connectivity index (χ0v) is 2.19. The molecule has 0 atom stereocenters. The van der Waals surface area contributed by atoms with Crippen LogP contribution in [0.4, 0.5) is 4.70 Å². The number of hydrogen-bond donors (Lipinski definition) is 0. The van der Waals surface area contributed by atoms with Crippen LogP contribution in [0.1, 0.15) is 0 Å². The molecule has 4 heteroatoms. The zero-order chi connectivity index (χ0) is 0. The van der Waals surface area contributed by atoms with Crippen molar-refractivity contribution in [1.29, 1.82) is 0 Å². The quantitative estimate of drug-likeness (QED) is 0.399. The molecule has 1 radical (unpaired) electrons. The van der Waals surface area contributed by atoms with Gasteiger partial charge < -0.3 is 0 Å². The third kappa shape index (κ3) is 8.82. The van der Waals surface area contributed by atoms with Gasteiger partial charge in [-0.05, 0) is 0 Å². The summed E-state index contributed by atoms with van der Waals surface area (Å²) >= 11 is 0. The molecule has 0 aromatic rings. The van der Waals surface area contributed by atoms with Gasteiger partial charge in [0.25, 0.3) is 0 Å². The zero-order valence-electron chi connectivity index (χ0n) is 0.710. The minimum atomic E-state index is 0. The standard InChI is InChI=1S/Ag.Ca.FH.Li.3H/h;;1H;;;;. The Hall–Kier alpha value is 2.53. The Morgan fingerprint density at radius 1 is 1.00 bits per heavy atom. The molecule has 0 amide bonds. The Morgan fingerprint density at radius 2 is 1.00 bits per heavy atom. The predicted octanol–water partition coefficient (Wildman–Crippen LogP) is -1.41. The fourth-order valence-corrected chi connectivity index (χ4v) is 0. The first-order valence-corrected chi connectivity index (χ1v) is 0. The summed E-state index contributed by atoms with van der Waals surface area (Å²) in [6.07, 6.45) is 0. The molecular weight excluding hydrogens is 174 g/mol. The third-order valence-electron chi connectivity index (χ3n) is 0. The molecule has 0 rings (SSSR count). The monoisotopic (exact) mass is 177 g/mol. The molecule has 0 aliphatic heterocycles. The Morgan fingerprint density at radius 3 is 1.00 bits per heavy atom. The van der Waals surface area contributed by atoms with E-state index in [1.165, 1.54) is 0 Å². The van der Waals surface area contributed by atoms with E-state index in [0.717, 1.165) is 0 Å². The second-order valence-electron chi connectivity index (χ2n) is 0. The topological polar surface area (TPSA) is 0 Å². The Balaban J connectivity index is 0. The van der Waals surface area contributed by atoms with E-state index in [0.29, 0.717) is 0 Å². The Labute approximate surface area is 82.1 Å². The van der Waals surface area contributed by atoms with Crippen LogP contribution in [-0.2, 0) is 22.4 Å². The van der Waals surface area contributed by atoms with Crippen molar-refractivity contribution in [3.63, 3.8) is 0 Å².